The Hall–Kier alpha value is -2.51. The van der Waals surface area contributed by atoms with Crippen molar-refractivity contribution in [1.29, 1.82) is 0 Å². The lowest BCUT2D eigenvalue weighted by Crippen LogP contribution is -2.23. The standard InChI is InChI=1S/C20H19N3O2S2/c1-25-15-5-2-4-14(12-15)13-22-19(24)17-7-8-18(27-17)23-10-11-26-20-16(23)6-3-9-21-20/h2-9,12H,10-11,13H2,1H3,(H,22,24). The first-order valence-electron chi connectivity index (χ1n) is 8.61. The van der Waals surface area contributed by atoms with Crippen molar-refractivity contribution in [3.8, 4) is 5.75 Å². The van der Waals surface area contributed by atoms with E-state index in [-0.39, 0.29) is 5.91 Å². The van der Waals surface area contributed by atoms with Crippen LogP contribution in [0, 0.1) is 0 Å². The van der Waals surface area contributed by atoms with E-state index in [4.69, 9.17) is 4.74 Å². The van der Waals surface area contributed by atoms with Gasteiger partial charge < -0.3 is 15.0 Å². The van der Waals surface area contributed by atoms with Crippen LogP contribution < -0.4 is 15.0 Å². The molecule has 0 atom stereocenters. The van der Waals surface area contributed by atoms with Gasteiger partial charge in [-0.3, -0.25) is 4.79 Å². The molecule has 1 aliphatic heterocycles. The van der Waals surface area contributed by atoms with Crippen LogP contribution in [0.15, 0.2) is 59.8 Å². The molecule has 0 bridgehead atoms. The molecule has 1 amide bonds. The second-order valence-corrected chi connectivity index (χ2v) is 8.15. The number of carbonyl (C=O) groups excluding carboxylic acids is 1. The number of nitrogens with one attached hydrogen (secondary N) is 1. The first-order chi connectivity index (χ1) is 13.2. The van der Waals surface area contributed by atoms with Gasteiger partial charge in [-0.25, -0.2) is 4.98 Å². The fourth-order valence-electron chi connectivity index (χ4n) is 2.93. The predicted molar refractivity (Wildman–Crippen MR) is 110 cm³/mol. The average molecular weight is 398 g/mol. The number of fused-ring (bicyclic) bond motifs is 1. The lowest BCUT2D eigenvalue weighted by atomic mass is 10.2. The fourth-order valence-corrected chi connectivity index (χ4v) is 4.82. The van der Waals surface area contributed by atoms with Crippen LogP contribution in [0.5, 0.6) is 5.75 Å². The monoisotopic (exact) mass is 397 g/mol. The van der Waals surface area contributed by atoms with E-state index in [0.29, 0.717) is 11.4 Å². The number of anilines is 2. The average Bonchev–Trinajstić information content (AvgIpc) is 3.22. The summed E-state index contributed by atoms with van der Waals surface area (Å²) < 4.78 is 5.22. The van der Waals surface area contributed by atoms with Gasteiger partial charge in [0.1, 0.15) is 10.8 Å². The molecule has 2 aromatic heterocycles. The number of aromatic nitrogens is 1. The number of thioether (sulfide) groups is 1. The number of thiophene rings is 1. The zero-order valence-corrected chi connectivity index (χ0v) is 16.5. The van der Waals surface area contributed by atoms with Crippen molar-refractivity contribution < 1.29 is 9.53 Å². The summed E-state index contributed by atoms with van der Waals surface area (Å²) in [5, 5.41) is 5.09. The molecule has 1 aromatic carbocycles. The molecule has 7 heteroatoms. The third-order valence-corrected chi connectivity index (χ3v) is 6.35. The van der Waals surface area contributed by atoms with Crippen molar-refractivity contribution in [2.75, 3.05) is 24.3 Å². The molecule has 5 nitrogen and oxygen atoms in total. The Balaban J connectivity index is 1.45. The van der Waals surface area contributed by atoms with Crippen LogP contribution in [-0.4, -0.2) is 30.3 Å². The second kappa shape index (κ2) is 8.02. The summed E-state index contributed by atoms with van der Waals surface area (Å²) in [5.74, 6) is 1.71. The zero-order chi connectivity index (χ0) is 18.6. The van der Waals surface area contributed by atoms with Crippen LogP contribution in [0.3, 0.4) is 0 Å². The van der Waals surface area contributed by atoms with Gasteiger partial charge in [0.2, 0.25) is 0 Å². The number of pyridine rings is 1. The van der Waals surface area contributed by atoms with Crippen LogP contribution in [-0.2, 0) is 6.54 Å². The number of hydrogen-bond acceptors (Lipinski definition) is 6. The quantitative estimate of drug-likeness (QED) is 0.695. The minimum Gasteiger partial charge on any atom is -0.497 e. The van der Waals surface area contributed by atoms with Crippen LogP contribution in [0.2, 0.25) is 0 Å². The van der Waals surface area contributed by atoms with E-state index < -0.39 is 0 Å². The summed E-state index contributed by atoms with van der Waals surface area (Å²) >= 11 is 3.28. The van der Waals surface area contributed by atoms with Gasteiger partial charge in [-0.1, -0.05) is 12.1 Å². The number of benzene rings is 1. The fraction of sp³-hybridized carbons (Fsp3) is 0.200. The lowest BCUT2D eigenvalue weighted by molar-refractivity contribution is 0.0955. The van der Waals surface area contributed by atoms with E-state index in [1.165, 1.54) is 11.3 Å². The van der Waals surface area contributed by atoms with Crippen LogP contribution in [0.25, 0.3) is 0 Å². The summed E-state index contributed by atoms with van der Waals surface area (Å²) in [6.45, 7) is 1.38. The molecule has 0 saturated carbocycles. The van der Waals surface area contributed by atoms with E-state index in [2.05, 4.69) is 21.3 Å². The molecule has 4 rings (SSSR count). The molecule has 3 aromatic rings. The summed E-state index contributed by atoms with van der Waals surface area (Å²) in [5.41, 5.74) is 2.12. The molecular weight excluding hydrogens is 378 g/mol. The number of carbonyl (C=O) groups is 1. The molecule has 0 saturated heterocycles. The Morgan fingerprint density at radius 2 is 2.19 bits per heavy atom. The minimum atomic E-state index is -0.0631. The van der Waals surface area contributed by atoms with Gasteiger partial charge in [0.05, 0.1) is 22.7 Å². The van der Waals surface area contributed by atoms with Crippen LogP contribution in [0.1, 0.15) is 15.2 Å². The first kappa shape index (κ1) is 17.9. The molecule has 3 heterocycles. The maximum Gasteiger partial charge on any atom is 0.261 e. The van der Waals surface area contributed by atoms with E-state index in [9.17, 15) is 4.79 Å². The Kier molecular flexibility index (Phi) is 5.31. The molecule has 1 aliphatic rings. The molecule has 138 valence electrons. The Labute approximate surface area is 166 Å². The number of ether oxygens (including phenoxy) is 1. The smallest absolute Gasteiger partial charge is 0.261 e. The first-order valence-corrected chi connectivity index (χ1v) is 10.4. The van der Waals surface area contributed by atoms with E-state index in [0.717, 1.165) is 39.3 Å². The maximum atomic E-state index is 12.5. The molecule has 0 unspecified atom stereocenters. The molecule has 0 fully saturated rings. The van der Waals surface area contributed by atoms with Gasteiger partial charge in [-0.2, -0.15) is 0 Å². The Bertz CT molecular complexity index is 958. The highest BCUT2D eigenvalue weighted by Gasteiger charge is 2.21. The number of amides is 1. The maximum absolute atomic E-state index is 12.5. The van der Waals surface area contributed by atoms with Crippen molar-refractivity contribution >= 4 is 39.7 Å². The highest BCUT2D eigenvalue weighted by atomic mass is 32.2. The molecule has 0 spiro atoms. The molecule has 0 aliphatic carbocycles. The topological polar surface area (TPSA) is 54.5 Å². The third-order valence-electron chi connectivity index (χ3n) is 4.26. The zero-order valence-electron chi connectivity index (χ0n) is 14.8. The summed E-state index contributed by atoms with van der Waals surface area (Å²) in [4.78, 5) is 19.9. The molecule has 27 heavy (non-hydrogen) atoms. The largest absolute Gasteiger partial charge is 0.497 e. The highest BCUT2D eigenvalue weighted by Crippen LogP contribution is 2.39. The number of methoxy groups -OCH3 is 1. The van der Waals surface area contributed by atoms with Crippen LogP contribution in [0.4, 0.5) is 10.7 Å². The van der Waals surface area contributed by atoms with E-state index in [1.807, 2.05) is 48.7 Å². The highest BCUT2D eigenvalue weighted by molar-refractivity contribution is 7.99. The van der Waals surface area contributed by atoms with Crippen molar-refractivity contribution in [3.05, 3.63) is 65.2 Å². The van der Waals surface area contributed by atoms with Gasteiger partial charge in [0, 0.05) is 25.0 Å². The Morgan fingerprint density at radius 1 is 1.26 bits per heavy atom. The number of rotatable bonds is 5. The van der Waals surface area contributed by atoms with E-state index in [1.54, 1.807) is 18.9 Å². The normalized spacial score (nSPS) is 13.1. The number of nitrogens with zero attached hydrogens (tertiary/aromatic N) is 2. The van der Waals surface area contributed by atoms with Crippen molar-refractivity contribution in [2.24, 2.45) is 0 Å². The SMILES string of the molecule is COc1cccc(CNC(=O)c2ccc(N3CCSc4ncccc43)s2)c1. The van der Waals surface area contributed by atoms with Crippen LogP contribution >= 0.6 is 23.1 Å². The summed E-state index contributed by atoms with van der Waals surface area (Å²) in [7, 11) is 1.64. The minimum absolute atomic E-state index is 0.0631. The van der Waals surface area contributed by atoms with Gasteiger partial charge in [0.15, 0.2) is 0 Å². The summed E-state index contributed by atoms with van der Waals surface area (Å²) in [6.07, 6.45) is 1.82. The lowest BCUT2D eigenvalue weighted by Gasteiger charge is -2.28. The molecular formula is C20H19N3O2S2. The van der Waals surface area contributed by atoms with E-state index >= 15 is 0 Å². The second-order valence-electron chi connectivity index (χ2n) is 6.00. The van der Waals surface area contributed by atoms with Gasteiger partial charge >= 0.3 is 0 Å². The van der Waals surface area contributed by atoms with Gasteiger partial charge in [-0.15, -0.1) is 23.1 Å². The van der Waals surface area contributed by atoms with Crippen molar-refractivity contribution in [2.45, 2.75) is 11.6 Å². The summed E-state index contributed by atoms with van der Waals surface area (Å²) in [6, 6.07) is 15.6. The third kappa shape index (κ3) is 3.94. The molecule has 0 radical (unpaired) electrons. The van der Waals surface area contributed by atoms with Gasteiger partial charge in [0.25, 0.3) is 5.91 Å². The predicted octanol–water partition coefficient (Wildman–Crippen LogP) is 4.33. The van der Waals surface area contributed by atoms with Crippen molar-refractivity contribution in [3.63, 3.8) is 0 Å². The van der Waals surface area contributed by atoms with Gasteiger partial charge in [-0.05, 0) is 42.0 Å². The van der Waals surface area contributed by atoms with Crippen molar-refractivity contribution in [1.82, 2.24) is 10.3 Å². The molecule has 1 N–H and O–H groups in total. The number of hydrogen-bond donors (Lipinski definition) is 1. The Morgan fingerprint density at radius 3 is 3.07 bits per heavy atom.